The van der Waals surface area contributed by atoms with Gasteiger partial charge in [-0.1, -0.05) is 37.4 Å². The molecule has 0 saturated carbocycles. The van der Waals surface area contributed by atoms with Gasteiger partial charge in [-0.2, -0.15) is 0 Å². The van der Waals surface area contributed by atoms with E-state index >= 15 is 0 Å². The topological polar surface area (TPSA) is 49.7 Å². The van der Waals surface area contributed by atoms with Gasteiger partial charge in [0, 0.05) is 6.21 Å². The molecule has 0 amide bonds. The van der Waals surface area contributed by atoms with Crippen LogP contribution in [-0.4, -0.2) is 17.3 Å². The van der Waals surface area contributed by atoms with Crippen molar-refractivity contribution in [1.29, 1.82) is 0 Å². The molecule has 0 aliphatic carbocycles. The molecule has 0 rings (SSSR count). The van der Waals surface area contributed by atoms with E-state index in [-0.39, 0.29) is 10.7 Å². The van der Waals surface area contributed by atoms with Gasteiger partial charge in [0.15, 0.2) is 0 Å². The lowest BCUT2D eigenvalue weighted by Gasteiger charge is -1.95. The molecular weight excluding hydrogens is 226 g/mol. The number of hydrogen-bond donors (Lipinski definition) is 1. The molecule has 4 heteroatoms. The van der Waals surface area contributed by atoms with Crippen LogP contribution in [0.15, 0.2) is 27.4 Å². The monoisotopic (exact) mass is 243 g/mol. The van der Waals surface area contributed by atoms with Gasteiger partial charge in [-0.15, -0.1) is 0 Å². The van der Waals surface area contributed by atoms with E-state index in [9.17, 15) is 4.79 Å². The average Bonchev–Trinajstić information content (AvgIpc) is 2.25. The molecule has 0 aromatic carbocycles. The van der Waals surface area contributed by atoms with E-state index in [1.54, 1.807) is 6.21 Å². The SMILES string of the molecule is CCCCC=C(C)C=NC(Cl)=C(C)C(=O)O. The number of hydrogen-bond acceptors (Lipinski definition) is 2. The standard InChI is InChI=1S/C12H18ClNO2/c1-4-5-6-7-9(2)8-14-11(13)10(3)12(15)16/h7-8H,4-6H2,1-3H3,(H,15,16). The Balaban J connectivity index is 4.43. The van der Waals surface area contributed by atoms with Crippen LogP contribution < -0.4 is 0 Å². The molecule has 0 atom stereocenters. The molecule has 0 aliphatic rings. The summed E-state index contributed by atoms with van der Waals surface area (Å²) in [6, 6.07) is 0. The van der Waals surface area contributed by atoms with Crippen molar-refractivity contribution in [2.45, 2.75) is 40.0 Å². The summed E-state index contributed by atoms with van der Waals surface area (Å²) in [6.45, 7) is 5.48. The largest absolute Gasteiger partial charge is 0.478 e. The van der Waals surface area contributed by atoms with Gasteiger partial charge >= 0.3 is 5.97 Å². The van der Waals surface area contributed by atoms with Crippen LogP contribution in [0, 0.1) is 0 Å². The van der Waals surface area contributed by atoms with Crippen LogP contribution in [0.1, 0.15) is 40.0 Å². The van der Waals surface area contributed by atoms with Crippen LogP contribution in [0.5, 0.6) is 0 Å². The van der Waals surface area contributed by atoms with Crippen molar-refractivity contribution in [3.8, 4) is 0 Å². The molecule has 0 fully saturated rings. The van der Waals surface area contributed by atoms with E-state index in [2.05, 4.69) is 18.0 Å². The Bertz CT molecular complexity index is 330. The van der Waals surface area contributed by atoms with Crippen LogP contribution in [0.2, 0.25) is 0 Å². The maximum absolute atomic E-state index is 10.6. The molecule has 0 saturated heterocycles. The highest BCUT2D eigenvalue weighted by Crippen LogP contribution is 2.11. The van der Waals surface area contributed by atoms with Crippen LogP contribution in [0.4, 0.5) is 0 Å². The number of carboxylic acids is 1. The Morgan fingerprint density at radius 3 is 2.56 bits per heavy atom. The number of unbranched alkanes of at least 4 members (excludes halogenated alkanes) is 2. The van der Waals surface area contributed by atoms with E-state index in [4.69, 9.17) is 16.7 Å². The van der Waals surface area contributed by atoms with Gasteiger partial charge in [-0.05, 0) is 25.8 Å². The fourth-order valence-electron chi connectivity index (χ4n) is 0.930. The van der Waals surface area contributed by atoms with Crippen molar-refractivity contribution in [3.05, 3.63) is 22.4 Å². The summed E-state index contributed by atoms with van der Waals surface area (Å²) in [5.74, 6) is -1.05. The molecule has 0 heterocycles. The predicted octanol–water partition coefficient (Wildman–Crippen LogP) is 3.75. The maximum Gasteiger partial charge on any atom is 0.334 e. The highest BCUT2D eigenvalue weighted by molar-refractivity contribution is 6.31. The minimum Gasteiger partial charge on any atom is -0.478 e. The van der Waals surface area contributed by atoms with Crippen molar-refractivity contribution in [2.24, 2.45) is 4.99 Å². The van der Waals surface area contributed by atoms with Gasteiger partial charge in [0.25, 0.3) is 0 Å². The van der Waals surface area contributed by atoms with Crippen LogP contribution >= 0.6 is 11.6 Å². The summed E-state index contributed by atoms with van der Waals surface area (Å²) in [5.41, 5.74) is 1.05. The molecule has 0 aromatic heterocycles. The minimum atomic E-state index is -1.05. The van der Waals surface area contributed by atoms with Crippen molar-refractivity contribution < 1.29 is 9.90 Å². The minimum absolute atomic E-state index is 0.0238. The number of aliphatic carboxylic acids is 1. The summed E-state index contributed by atoms with van der Waals surface area (Å²) in [7, 11) is 0. The van der Waals surface area contributed by atoms with Gasteiger partial charge < -0.3 is 5.11 Å². The van der Waals surface area contributed by atoms with Gasteiger partial charge in [0.2, 0.25) is 0 Å². The average molecular weight is 244 g/mol. The molecule has 0 aromatic rings. The molecule has 0 spiro atoms. The number of rotatable bonds is 6. The number of nitrogens with zero attached hydrogens (tertiary/aromatic N) is 1. The highest BCUT2D eigenvalue weighted by atomic mass is 35.5. The van der Waals surface area contributed by atoms with Gasteiger partial charge in [-0.25, -0.2) is 9.79 Å². The molecular formula is C12H18ClNO2. The van der Waals surface area contributed by atoms with Gasteiger partial charge in [0.05, 0.1) is 5.57 Å². The summed E-state index contributed by atoms with van der Waals surface area (Å²) in [6.07, 6.45) is 6.95. The third-order valence-electron chi connectivity index (χ3n) is 2.04. The fraction of sp³-hybridized carbons (Fsp3) is 0.500. The molecule has 90 valence electrons. The zero-order chi connectivity index (χ0) is 12.6. The fourth-order valence-corrected chi connectivity index (χ4v) is 1.06. The first-order chi connectivity index (χ1) is 7.49. The number of carbonyl (C=O) groups is 1. The molecule has 0 radical (unpaired) electrons. The lowest BCUT2D eigenvalue weighted by molar-refractivity contribution is -0.132. The van der Waals surface area contributed by atoms with E-state index in [1.807, 2.05) is 6.92 Å². The van der Waals surface area contributed by atoms with Gasteiger partial charge in [0.1, 0.15) is 5.16 Å². The van der Waals surface area contributed by atoms with Crippen molar-refractivity contribution >= 4 is 23.8 Å². The quantitative estimate of drug-likeness (QED) is 0.334. The van der Waals surface area contributed by atoms with Crippen LogP contribution in [-0.2, 0) is 4.79 Å². The Morgan fingerprint density at radius 1 is 1.44 bits per heavy atom. The molecule has 0 aliphatic heterocycles. The van der Waals surface area contributed by atoms with E-state index < -0.39 is 5.97 Å². The Labute approximate surface area is 102 Å². The third-order valence-corrected chi connectivity index (χ3v) is 2.42. The highest BCUT2D eigenvalue weighted by Gasteiger charge is 2.04. The molecule has 16 heavy (non-hydrogen) atoms. The first kappa shape index (κ1) is 14.9. The van der Waals surface area contributed by atoms with Gasteiger partial charge in [-0.3, -0.25) is 0 Å². The third kappa shape index (κ3) is 6.40. The summed E-state index contributed by atoms with van der Waals surface area (Å²) in [4.78, 5) is 14.5. The Morgan fingerprint density at radius 2 is 2.06 bits per heavy atom. The molecule has 3 nitrogen and oxygen atoms in total. The smallest absolute Gasteiger partial charge is 0.334 e. The molecule has 0 unspecified atom stereocenters. The van der Waals surface area contributed by atoms with E-state index in [0.29, 0.717) is 0 Å². The van der Waals surface area contributed by atoms with Crippen molar-refractivity contribution in [2.75, 3.05) is 0 Å². The second-order valence-corrected chi connectivity index (χ2v) is 3.93. The Hall–Kier alpha value is -1.09. The summed E-state index contributed by atoms with van der Waals surface area (Å²) >= 11 is 5.71. The van der Waals surface area contributed by atoms with Crippen LogP contribution in [0.25, 0.3) is 0 Å². The van der Waals surface area contributed by atoms with Crippen LogP contribution in [0.3, 0.4) is 0 Å². The zero-order valence-corrected chi connectivity index (χ0v) is 10.7. The number of aliphatic imine (C=N–C) groups is 1. The number of halogens is 1. The maximum atomic E-state index is 10.6. The lowest BCUT2D eigenvalue weighted by atomic mass is 10.2. The zero-order valence-electron chi connectivity index (χ0n) is 9.96. The normalized spacial score (nSPS) is 14.1. The van der Waals surface area contributed by atoms with E-state index in [0.717, 1.165) is 24.8 Å². The molecule has 1 N–H and O–H groups in total. The second kappa shape index (κ2) is 8.11. The first-order valence-electron chi connectivity index (χ1n) is 5.29. The van der Waals surface area contributed by atoms with E-state index in [1.165, 1.54) is 6.92 Å². The predicted molar refractivity (Wildman–Crippen MR) is 68.0 cm³/mol. The van der Waals surface area contributed by atoms with Crippen molar-refractivity contribution in [1.82, 2.24) is 0 Å². The number of carboxylic acid groups (broad SMARTS) is 1. The number of allylic oxidation sites excluding steroid dienone is 2. The summed E-state index contributed by atoms with van der Waals surface area (Å²) in [5, 5.41) is 8.68. The molecule has 0 bridgehead atoms. The Kier molecular flexibility index (Phi) is 7.56. The summed E-state index contributed by atoms with van der Waals surface area (Å²) < 4.78 is 0. The first-order valence-corrected chi connectivity index (χ1v) is 5.67. The second-order valence-electron chi connectivity index (χ2n) is 3.57. The lowest BCUT2D eigenvalue weighted by Crippen LogP contribution is -1.97. The van der Waals surface area contributed by atoms with Crippen molar-refractivity contribution in [3.63, 3.8) is 0 Å².